The molecular weight excluding hydrogens is 375 g/mol. The molecule has 29 heavy (non-hydrogen) atoms. The van der Waals surface area contributed by atoms with Gasteiger partial charge in [-0.1, -0.05) is 19.4 Å². The molecular formula is C23H31FO5. The van der Waals surface area contributed by atoms with Gasteiger partial charge in [-0.25, -0.2) is 4.39 Å². The van der Waals surface area contributed by atoms with Crippen LogP contribution in [-0.4, -0.2) is 41.0 Å². The molecule has 0 radical (unpaired) electrons. The van der Waals surface area contributed by atoms with Gasteiger partial charge in [-0.3, -0.25) is 14.4 Å². The van der Waals surface area contributed by atoms with Crippen LogP contribution in [0.3, 0.4) is 0 Å². The number of esters is 1. The number of aliphatic hydroxyl groups excluding tert-OH is 1. The Morgan fingerprint density at radius 3 is 2.62 bits per heavy atom. The molecule has 5 nitrogen and oxygen atoms in total. The van der Waals surface area contributed by atoms with Crippen LogP contribution in [0.25, 0.3) is 0 Å². The molecule has 160 valence electrons. The fourth-order valence-corrected chi connectivity index (χ4v) is 7.37. The summed E-state index contributed by atoms with van der Waals surface area (Å²) >= 11 is 0. The van der Waals surface area contributed by atoms with E-state index in [4.69, 9.17) is 4.74 Å². The molecule has 4 aliphatic carbocycles. The molecule has 0 spiro atoms. The van der Waals surface area contributed by atoms with E-state index in [1.807, 2.05) is 13.8 Å². The molecule has 6 heteroatoms. The van der Waals surface area contributed by atoms with Crippen LogP contribution in [0.1, 0.15) is 65.7 Å². The second-order valence-electron chi connectivity index (χ2n) is 10.1. The highest BCUT2D eigenvalue weighted by atomic mass is 19.1. The number of aliphatic hydroxyl groups is 1. The summed E-state index contributed by atoms with van der Waals surface area (Å²) in [5.41, 5.74) is -2.27. The maximum absolute atomic E-state index is 16.9. The molecule has 3 saturated carbocycles. The normalized spacial score (nSPS) is 46.2. The van der Waals surface area contributed by atoms with Crippen molar-refractivity contribution >= 4 is 17.5 Å². The first kappa shape index (κ1) is 20.7. The highest BCUT2D eigenvalue weighted by molar-refractivity contribution is 5.91. The number of rotatable bonds is 3. The van der Waals surface area contributed by atoms with E-state index in [2.05, 4.69) is 0 Å². The molecule has 4 rings (SSSR count). The van der Waals surface area contributed by atoms with Crippen LogP contribution >= 0.6 is 0 Å². The average molecular weight is 406 g/mol. The van der Waals surface area contributed by atoms with Gasteiger partial charge in [0, 0.05) is 30.6 Å². The van der Waals surface area contributed by atoms with Crippen molar-refractivity contribution in [3.05, 3.63) is 11.6 Å². The number of carbonyl (C=O) groups excluding carboxylic acids is 3. The lowest BCUT2D eigenvalue weighted by atomic mass is 9.44. The lowest BCUT2D eigenvalue weighted by Gasteiger charge is -2.62. The van der Waals surface area contributed by atoms with E-state index in [0.717, 1.165) is 12.0 Å². The molecule has 0 amide bonds. The quantitative estimate of drug-likeness (QED) is 0.727. The maximum atomic E-state index is 16.9. The van der Waals surface area contributed by atoms with Gasteiger partial charge in [-0.2, -0.15) is 0 Å². The van der Waals surface area contributed by atoms with Crippen molar-refractivity contribution in [3.8, 4) is 0 Å². The number of halogens is 1. The molecule has 7 atom stereocenters. The van der Waals surface area contributed by atoms with Crippen LogP contribution in [0.15, 0.2) is 11.6 Å². The third kappa shape index (κ3) is 2.77. The zero-order chi connectivity index (χ0) is 21.2. The Kier molecular flexibility index (Phi) is 4.80. The first-order valence-corrected chi connectivity index (χ1v) is 10.8. The highest BCUT2D eigenvalue weighted by Crippen LogP contribution is 2.69. The molecule has 0 unspecified atom stereocenters. The van der Waals surface area contributed by atoms with Gasteiger partial charge >= 0.3 is 5.97 Å². The molecule has 0 bridgehead atoms. The Morgan fingerprint density at radius 2 is 1.93 bits per heavy atom. The Bertz CT molecular complexity index is 790. The topological polar surface area (TPSA) is 80.7 Å². The second kappa shape index (κ2) is 6.73. The average Bonchev–Trinajstić information content (AvgIpc) is 2.98. The first-order chi connectivity index (χ1) is 13.5. The number of allylic oxidation sites excluding steroid dienone is 1. The summed E-state index contributed by atoms with van der Waals surface area (Å²) < 4.78 is 21.8. The number of Topliss-reactive ketones (excluding diaryl/α,β-unsaturated/α-hetero) is 1. The number of fused-ring (bicyclic) bond motifs is 5. The molecule has 0 aromatic carbocycles. The lowest BCUT2D eigenvalue weighted by molar-refractivity contribution is -0.208. The van der Waals surface area contributed by atoms with Crippen LogP contribution < -0.4 is 0 Å². The minimum atomic E-state index is -1.78. The van der Waals surface area contributed by atoms with Gasteiger partial charge in [-0.05, 0) is 55.9 Å². The molecule has 0 saturated heterocycles. The van der Waals surface area contributed by atoms with Crippen molar-refractivity contribution in [2.24, 2.45) is 28.6 Å². The van der Waals surface area contributed by atoms with Gasteiger partial charge in [0.15, 0.2) is 11.6 Å². The summed E-state index contributed by atoms with van der Waals surface area (Å²) in [7, 11) is 0. The fourth-order valence-electron chi connectivity index (χ4n) is 7.37. The van der Waals surface area contributed by atoms with Crippen molar-refractivity contribution in [2.75, 3.05) is 6.61 Å². The standard InChI is InChI=1S/C23H31FO5/c1-13(25)29-12-19(27)18-7-6-16-17-5-4-14-10-15(26)8-9-22(14,3)23(17,24)20(28)11-21(16,18)2/h10,16-18,20,28H,4-9,11-12H2,1-3H3/t16-,17-,18+,20+,21-,22-,23-/m0/s1. The van der Waals surface area contributed by atoms with Crippen LogP contribution in [0.2, 0.25) is 0 Å². The summed E-state index contributed by atoms with van der Waals surface area (Å²) in [6, 6.07) is 0. The zero-order valence-electron chi connectivity index (χ0n) is 17.5. The SMILES string of the molecule is CC(=O)OCC(=O)[C@H]1CC[C@H]2[C@@H]3CCC4=CC(=O)CC[C@]4(C)[C@@]3(F)[C@H](O)C[C@]12C. The van der Waals surface area contributed by atoms with Gasteiger partial charge < -0.3 is 9.84 Å². The van der Waals surface area contributed by atoms with Crippen LogP contribution in [-0.2, 0) is 19.1 Å². The van der Waals surface area contributed by atoms with Crippen molar-refractivity contribution in [3.63, 3.8) is 0 Å². The summed E-state index contributed by atoms with van der Waals surface area (Å²) in [6.45, 7) is 4.90. The van der Waals surface area contributed by atoms with Crippen molar-refractivity contribution < 1.29 is 28.6 Å². The third-order valence-electron chi connectivity index (χ3n) is 8.84. The number of ketones is 2. The van der Waals surface area contributed by atoms with E-state index in [1.54, 1.807) is 6.08 Å². The van der Waals surface area contributed by atoms with E-state index in [1.165, 1.54) is 6.92 Å². The predicted octanol–water partition coefficient (Wildman–Crippen LogP) is 3.33. The minimum Gasteiger partial charge on any atom is -0.458 e. The number of ether oxygens (including phenoxy) is 1. The number of alkyl halides is 1. The second-order valence-corrected chi connectivity index (χ2v) is 10.1. The number of hydrogen-bond acceptors (Lipinski definition) is 5. The molecule has 0 aromatic heterocycles. The number of hydrogen-bond donors (Lipinski definition) is 1. The van der Waals surface area contributed by atoms with Gasteiger partial charge in [0.05, 0.1) is 6.10 Å². The summed E-state index contributed by atoms with van der Waals surface area (Å²) in [4.78, 5) is 35.8. The Morgan fingerprint density at radius 1 is 1.21 bits per heavy atom. The number of carbonyl (C=O) groups is 3. The summed E-state index contributed by atoms with van der Waals surface area (Å²) in [6.07, 6.45) is 4.04. The van der Waals surface area contributed by atoms with E-state index in [-0.39, 0.29) is 42.3 Å². The van der Waals surface area contributed by atoms with Gasteiger partial charge in [0.1, 0.15) is 12.3 Å². The van der Waals surface area contributed by atoms with Crippen LogP contribution in [0.4, 0.5) is 4.39 Å². The summed E-state index contributed by atoms with van der Waals surface area (Å²) in [5.74, 6) is -1.24. The minimum absolute atomic E-state index is 0.00168. The zero-order valence-corrected chi connectivity index (χ0v) is 17.5. The highest BCUT2D eigenvalue weighted by Gasteiger charge is 2.71. The molecule has 1 N–H and O–H groups in total. The van der Waals surface area contributed by atoms with E-state index in [0.29, 0.717) is 32.1 Å². The van der Waals surface area contributed by atoms with Crippen molar-refractivity contribution in [1.29, 1.82) is 0 Å². The van der Waals surface area contributed by atoms with E-state index >= 15 is 4.39 Å². The summed E-state index contributed by atoms with van der Waals surface area (Å²) in [5, 5.41) is 11.2. The molecule has 0 heterocycles. The Labute approximate surface area is 171 Å². The fraction of sp³-hybridized carbons (Fsp3) is 0.783. The monoisotopic (exact) mass is 406 g/mol. The van der Waals surface area contributed by atoms with Gasteiger partial charge in [0.25, 0.3) is 0 Å². The third-order valence-corrected chi connectivity index (χ3v) is 8.84. The molecule has 3 fully saturated rings. The van der Waals surface area contributed by atoms with Crippen molar-refractivity contribution in [2.45, 2.75) is 77.5 Å². The molecule has 4 aliphatic rings. The van der Waals surface area contributed by atoms with Gasteiger partial charge in [-0.15, -0.1) is 0 Å². The van der Waals surface area contributed by atoms with E-state index < -0.39 is 28.6 Å². The predicted molar refractivity (Wildman–Crippen MR) is 104 cm³/mol. The Balaban J connectivity index is 1.66. The van der Waals surface area contributed by atoms with Crippen LogP contribution in [0.5, 0.6) is 0 Å². The smallest absolute Gasteiger partial charge is 0.303 e. The maximum Gasteiger partial charge on any atom is 0.303 e. The lowest BCUT2D eigenvalue weighted by Crippen LogP contribution is -2.67. The van der Waals surface area contributed by atoms with Crippen molar-refractivity contribution in [1.82, 2.24) is 0 Å². The largest absolute Gasteiger partial charge is 0.458 e. The van der Waals surface area contributed by atoms with Gasteiger partial charge in [0.2, 0.25) is 0 Å². The first-order valence-electron chi connectivity index (χ1n) is 10.8. The Hall–Kier alpha value is -1.56. The van der Waals surface area contributed by atoms with Crippen LogP contribution in [0, 0.1) is 28.6 Å². The molecule has 0 aliphatic heterocycles. The molecule has 0 aromatic rings. The van der Waals surface area contributed by atoms with E-state index in [9.17, 15) is 19.5 Å².